The normalized spacial score (nSPS) is 14.2. The van der Waals surface area contributed by atoms with Gasteiger partial charge < -0.3 is 20.3 Å². The highest BCUT2D eigenvalue weighted by atomic mass is 16.5. The van der Waals surface area contributed by atoms with E-state index in [1.54, 1.807) is 24.8 Å². The van der Waals surface area contributed by atoms with E-state index in [0.717, 1.165) is 54.4 Å². The summed E-state index contributed by atoms with van der Waals surface area (Å²) in [4.78, 5) is 28.2. The number of pyridine rings is 1. The van der Waals surface area contributed by atoms with Crippen molar-refractivity contribution in [2.45, 2.75) is 19.9 Å². The average Bonchev–Trinajstić information content (AvgIpc) is 2.94. The van der Waals surface area contributed by atoms with Gasteiger partial charge in [-0.2, -0.15) is 0 Å². The molecule has 1 amide bonds. The van der Waals surface area contributed by atoms with Gasteiger partial charge in [-0.1, -0.05) is 24.3 Å². The zero-order valence-electron chi connectivity index (χ0n) is 21.0. The molecule has 1 saturated heterocycles. The maximum Gasteiger partial charge on any atom is 0.257 e. The molecule has 2 aromatic heterocycles. The summed E-state index contributed by atoms with van der Waals surface area (Å²) in [5.41, 5.74) is 6.21. The molecule has 8 heteroatoms. The number of amides is 1. The van der Waals surface area contributed by atoms with Crippen molar-refractivity contribution in [1.82, 2.24) is 15.0 Å². The van der Waals surface area contributed by atoms with E-state index < -0.39 is 0 Å². The van der Waals surface area contributed by atoms with Crippen molar-refractivity contribution < 1.29 is 9.53 Å². The van der Waals surface area contributed by atoms with Crippen LogP contribution in [-0.2, 0) is 4.74 Å². The van der Waals surface area contributed by atoms with Crippen molar-refractivity contribution in [3.63, 3.8) is 0 Å². The van der Waals surface area contributed by atoms with Crippen LogP contribution >= 0.6 is 0 Å². The Labute approximate surface area is 216 Å². The van der Waals surface area contributed by atoms with Crippen LogP contribution in [0.4, 0.5) is 17.2 Å². The molecule has 0 aliphatic carbocycles. The first-order valence-electron chi connectivity index (χ1n) is 12.4. The second-order valence-electron chi connectivity index (χ2n) is 9.13. The van der Waals surface area contributed by atoms with Crippen LogP contribution in [0.1, 0.15) is 34.5 Å². The molecule has 4 aromatic rings. The van der Waals surface area contributed by atoms with Gasteiger partial charge in [0.15, 0.2) is 0 Å². The van der Waals surface area contributed by atoms with Crippen LogP contribution in [0.15, 0.2) is 79.4 Å². The first-order valence-corrected chi connectivity index (χ1v) is 12.4. The molecule has 3 heterocycles. The third kappa shape index (κ3) is 6.10. The minimum absolute atomic E-state index is 0.0502. The lowest BCUT2D eigenvalue weighted by molar-refractivity contribution is 0.102. The Morgan fingerprint density at radius 2 is 1.76 bits per heavy atom. The lowest BCUT2D eigenvalue weighted by Crippen LogP contribution is -2.36. The fraction of sp³-hybridized carbons (Fsp3) is 0.241. The number of aryl methyl sites for hydroxylation is 1. The van der Waals surface area contributed by atoms with E-state index in [9.17, 15) is 4.79 Å². The molecule has 0 radical (unpaired) electrons. The monoisotopic (exact) mass is 494 g/mol. The number of carbonyl (C=O) groups is 1. The number of nitrogens with zero attached hydrogens (tertiary/aromatic N) is 4. The number of hydrogen-bond acceptors (Lipinski definition) is 7. The molecule has 188 valence electrons. The van der Waals surface area contributed by atoms with Gasteiger partial charge in [0.25, 0.3) is 5.91 Å². The standard InChI is InChI=1S/C29H30N6O2/c1-20-14-24(17-30-16-20)29(36)33-25-5-3-4-23(15-25)21(2)32-28-19-31-18-27(34-28)22-6-8-26(9-7-22)35-10-12-37-13-11-35/h3-9,14-19,21H,10-13H2,1-2H3,(H,32,34)(H,33,36). The van der Waals surface area contributed by atoms with Gasteiger partial charge in [-0.3, -0.25) is 14.8 Å². The van der Waals surface area contributed by atoms with Crippen molar-refractivity contribution in [3.05, 3.63) is 96.1 Å². The smallest absolute Gasteiger partial charge is 0.257 e. The Balaban J connectivity index is 1.25. The molecule has 0 saturated carbocycles. The van der Waals surface area contributed by atoms with E-state index in [4.69, 9.17) is 9.72 Å². The van der Waals surface area contributed by atoms with Crippen LogP contribution in [0, 0.1) is 6.92 Å². The zero-order valence-corrected chi connectivity index (χ0v) is 21.0. The number of carbonyl (C=O) groups excluding carboxylic acids is 1. The summed E-state index contributed by atoms with van der Waals surface area (Å²) in [5, 5.41) is 6.39. The van der Waals surface area contributed by atoms with Crippen LogP contribution in [0.5, 0.6) is 0 Å². The molecular weight excluding hydrogens is 464 g/mol. The van der Waals surface area contributed by atoms with Crippen molar-refractivity contribution in [2.75, 3.05) is 41.8 Å². The molecule has 2 N–H and O–H groups in total. The van der Waals surface area contributed by atoms with Crippen molar-refractivity contribution >= 4 is 23.1 Å². The molecule has 1 atom stereocenters. The largest absolute Gasteiger partial charge is 0.378 e. The van der Waals surface area contributed by atoms with E-state index in [0.29, 0.717) is 11.4 Å². The van der Waals surface area contributed by atoms with Crippen molar-refractivity contribution in [2.24, 2.45) is 0 Å². The van der Waals surface area contributed by atoms with Gasteiger partial charge in [0.1, 0.15) is 5.82 Å². The van der Waals surface area contributed by atoms with Crippen LogP contribution in [0.2, 0.25) is 0 Å². The number of aromatic nitrogens is 3. The first-order chi connectivity index (χ1) is 18.0. The van der Waals surface area contributed by atoms with Crippen LogP contribution in [0.3, 0.4) is 0 Å². The zero-order chi connectivity index (χ0) is 25.6. The minimum Gasteiger partial charge on any atom is -0.378 e. The summed E-state index contributed by atoms with van der Waals surface area (Å²) in [6.07, 6.45) is 6.79. The quantitative estimate of drug-likeness (QED) is 0.369. The fourth-order valence-electron chi connectivity index (χ4n) is 4.31. The number of hydrogen-bond donors (Lipinski definition) is 2. The Morgan fingerprint density at radius 3 is 2.54 bits per heavy atom. The number of rotatable bonds is 7. The predicted molar refractivity (Wildman–Crippen MR) is 146 cm³/mol. The maximum atomic E-state index is 12.6. The minimum atomic E-state index is -0.188. The highest BCUT2D eigenvalue weighted by molar-refractivity contribution is 6.04. The number of morpholine rings is 1. The van der Waals surface area contributed by atoms with E-state index in [-0.39, 0.29) is 11.9 Å². The second kappa shape index (κ2) is 11.2. The third-order valence-electron chi connectivity index (χ3n) is 6.32. The topological polar surface area (TPSA) is 92.3 Å². The summed E-state index contributed by atoms with van der Waals surface area (Å²) in [6.45, 7) is 7.30. The third-order valence-corrected chi connectivity index (χ3v) is 6.32. The second-order valence-corrected chi connectivity index (χ2v) is 9.13. The summed E-state index contributed by atoms with van der Waals surface area (Å²) in [7, 11) is 0. The lowest BCUT2D eigenvalue weighted by Gasteiger charge is -2.28. The van der Waals surface area contributed by atoms with E-state index in [2.05, 4.69) is 56.7 Å². The average molecular weight is 495 g/mol. The van der Waals surface area contributed by atoms with Crippen LogP contribution < -0.4 is 15.5 Å². The summed E-state index contributed by atoms with van der Waals surface area (Å²) >= 11 is 0. The predicted octanol–water partition coefficient (Wildman–Crippen LogP) is 5.11. The number of anilines is 3. The Bertz CT molecular complexity index is 1370. The van der Waals surface area contributed by atoms with Gasteiger partial charge in [0.2, 0.25) is 0 Å². The number of nitrogens with one attached hydrogen (secondary N) is 2. The van der Waals surface area contributed by atoms with Gasteiger partial charge in [-0.05, 0) is 55.3 Å². The van der Waals surface area contributed by atoms with Gasteiger partial charge in [-0.25, -0.2) is 4.98 Å². The van der Waals surface area contributed by atoms with Crippen molar-refractivity contribution in [3.8, 4) is 11.3 Å². The Kier molecular flexibility index (Phi) is 7.37. The highest BCUT2D eigenvalue weighted by Gasteiger charge is 2.13. The van der Waals surface area contributed by atoms with Gasteiger partial charge in [0.05, 0.1) is 42.9 Å². The molecule has 1 aliphatic heterocycles. The molecule has 5 rings (SSSR count). The molecule has 1 aliphatic rings. The molecule has 8 nitrogen and oxygen atoms in total. The van der Waals surface area contributed by atoms with Crippen LogP contribution in [-0.4, -0.2) is 47.2 Å². The molecular formula is C29H30N6O2. The maximum absolute atomic E-state index is 12.6. The Hall–Kier alpha value is -4.30. The molecule has 1 fully saturated rings. The van der Waals surface area contributed by atoms with Crippen molar-refractivity contribution in [1.29, 1.82) is 0 Å². The summed E-state index contributed by atoms with van der Waals surface area (Å²) < 4.78 is 5.45. The number of benzene rings is 2. The summed E-state index contributed by atoms with van der Waals surface area (Å²) in [5.74, 6) is 0.495. The fourth-order valence-corrected chi connectivity index (χ4v) is 4.31. The van der Waals surface area contributed by atoms with Crippen LogP contribution in [0.25, 0.3) is 11.3 Å². The van der Waals surface area contributed by atoms with E-state index in [1.165, 1.54) is 5.69 Å². The molecule has 1 unspecified atom stereocenters. The van der Waals surface area contributed by atoms with E-state index >= 15 is 0 Å². The molecule has 0 bridgehead atoms. The van der Waals surface area contributed by atoms with Gasteiger partial charge in [-0.15, -0.1) is 0 Å². The first kappa shape index (κ1) is 24.4. The van der Waals surface area contributed by atoms with E-state index in [1.807, 2.05) is 37.3 Å². The number of ether oxygens (including phenoxy) is 1. The molecule has 2 aromatic carbocycles. The Morgan fingerprint density at radius 1 is 0.973 bits per heavy atom. The molecule has 0 spiro atoms. The summed E-state index contributed by atoms with van der Waals surface area (Å²) in [6, 6.07) is 18.0. The van der Waals surface area contributed by atoms with Gasteiger partial charge in [0, 0.05) is 42.4 Å². The lowest BCUT2D eigenvalue weighted by atomic mass is 10.1. The highest BCUT2D eigenvalue weighted by Crippen LogP contribution is 2.25. The van der Waals surface area contributed by atoms with Gasteiger partial charge >= 0.3 is 0 Å². The molecule has 37 heavy (non-hydrogen) atoms. The SMILES string of the molecule is Cc1cncc(C(=O)Nc2cccc(C(C)Nc3cncc(-c4ccc(N5CCOCC5)cc4)n3)c2)c1.